The number of rotatable bonds is 5. The molecular weight excluding hydrogens is 350 g/mol. The molecule has 2 aromatic heterocycles. The van der Waals surface area contributed by atoms with Crippen LogP contribution in [0, 0.1) is 0 Å². The quantitative estimate of drug-likeness (QED) is 0.872. The van der Waals surface area contributed by atoms with E-state index < -0.39 is 0 Å². The maximum Gasteiger partial charge on any atom is 0.287 e. The van der Waals surface area contributed by atoms with Gasteiger partial charge in [-0.2, -0.15) is 11.8 Å². The summed E-state index contributed by atoms with van der Waals surface area (Å²) in [6.07, 6.45) is 7.96. The summed E-state index contributed by atoms with van der Waals surface area (Å²) in [5, 5.41) is 3.02. The third kappa shape index (κ3) is 4.66. The maximum absolute atomic E-state index is 12.7. The normalized spacial score (nSPS) is 17.6. The Labute approximate surface area is 157 Å². The minimum Gasteiger partial charge on any atom is -0.455 e. The van der Waals surface area contributed by atoms with Gasteiger partial charge in [0.15, 0.2) is 5.76 Å². The molecular formula is C19H23N3O3S. The largest absolute Gasteiger partial charge is 0.455 e. The Bertz CT molecular complexity index is 747. The fourth-order valence-electron chi connectivity index (χ4n) is 3.09. The molecule has 1 aliphatic rings. The average molecular weight is 373 g/mol. The van der Waals surface area contributed by atoms with E-state index in [9.17, 15) is 9.59 Å². The van der Waals surface area contributed by atoms with Crippen LogP contribution in [0.5, 0.6) is 0 Å². The number of nitrogens with one attached hydrogen (secondary N) is 1. The third-order valence-electron chi connectivity index (χ3n) is 4.37. The number of carbonyl (C=O) groups excluding carboxylic acids is 2. The number of aromatic nitrogens is 1. The van der Waals surface area contributed by atoms with Crippen molar-refractivity contribution in [3.63, 3.8) is 0 Å². The van der Waals surface area contributed by atoms with E-state index in [1.54, 1.807) is 47.3 Å². The van der Waals surface area contributed by atoms with E-state index in [1.807, 2.05) is 12.3 Å². The predicted molar refractivity (Wildman–Crippen MR) is 101 cm³/mol. The minimum absolute atomic E-state index is 0.0421. The van der Waals surface area contributed by atoms with E-state index in [0.29, 0.717) is 24.4 Å². The molecule has 138 valence electrons. The molecule has 1 saturated heterocycles. The summed E-state index contributed by atoms with van der Waals surface area (Å²) in [7, 11) is 0. The van der Waals surface area contributed by atoms with Gasteiger partial charge in [0.05, 0.1) is 11.3 Å². The van der Waals surface area contributed by atoms with Crippen LogP contribution in [0.3, 0.4) is 0 Å². The molecule has 0 aromatic carbocycles. The van der Waals surface area contributed by atoms with Gasteiger partial charge in [-0.05, 0) is 49.8 Å². The standard InChI is InChI=1S/C19H23N3O3S/c1-26-13-16-7-8-17(25-16)18(23)21-15-6-2-3-10-22(12-15)19(24)14-5-4-9-20-11-14/h4-5,7-9,11,15H,2-3,6,10,12-13H2,1H3,(H,21,23)/t15-/m0/s1. The van der Waals surface area contributed by atoms with Crippen LogP contribution in [0.2, 0.25) is 0 Å². The van der Waals surface area contributed by atoms with Crippen LogP contribution in [0.15, 0.2) is 41.1 Å². The lowest BCUT2D eigenvalue weighted by atomic mass is 10.1. The Kier molecular flexibility index (Phi) is 6.33. The van der Waals surface area contributed by atoms with Crippen molar-refractivity contribution >= 4 is 23.6 Å². The van der Waals surface area contributed by atoms with Crippen LogP contribution in [0.25, 0.3) is 0 Å². The highest BCUT2D eigenvalue weighted by atomic mass is 32.2. The summed E-state index contributed by atoms with van der Waals surface area (Å²) in [6.45, 7) is 1.19. The first-order valence-corrected chi connectivity index (χ1v) is 10.1. The van der Waals surface area contributed by atoms with Gasteiger partial charge < -0.3 is 14.6 Å². The Hall–Kier alpha value is -2.28. The van der Waals surface area contributed by atoms with Gasteiger partial charge in [0.25, 0.3) is 11.8 Å². The first-order valence-electron chi connectivity index (χ1n) is 8.75. The second-order valence-electron chi connectivity index (χ2n) is 6.36. The Morgan fingerprint density at radius 1 is 1.35 bits per heavy atom. The summed E-state index contributed by atoms with van der Waals surface area (Å²) in [5.74, 6) is 1.59. The highest BCUT2D eigenvalue weighted by Crippen LogP contribution is 2.16. The molecule has 26 heavy (non-hydrogen) atoms. The topological polar surface area (TPSA) is 75.4 Å². The molecule has 0 aliphatic carbocycles. The summed E-state index contributed by atoms with van der Waals surface area (Å²) in [6, 6.07) is 6.98. The highest BCUT2D eigenvalue weighted by Gasteiger charge is 2.25. The molecule has 3 heterocycles. The molecule has 6 nitrogen and oxygen atoms in total. The smallest absolute Gasteiger partial charge is 0.287 e. The second kappa shape index (κ2) is 8.89. The van der Waals surface area contributed by atoms with Crippen molar-refractivity contribution in [2.24, 2.45) is 0 Å². The SMILES string of the molecule is CSCc1ccc(C(=O)N[C@H]2CCCCN(C(=O)c3cccnc3)C2)o1. The van der Waals surface area contributed by atoms with Crippen LogP contribution in [0.1, 0.15) is 45.9 Å². The summed E-state index contributed by atoms with van der Waals surface area (Å²) in [5.41, 5.74) is 0.576. The van der Waals surface area contributed by atoms with Gasteiger partial charge >= 0.3 is 0 Å². The number of amides is 2. The molecule has 1 atom stereocenters. The molecule has 1 aliphatic heterocycles. The average Bonchev–Trinajstić information content (AvgIpc) is 3.01. The Morgan fingerprint density at radius 3 is 3.00 bits per heavy atom. The fourth-order valence-corrected chi connectivity index (χ4v) is 3.53. The van der Waals surface area contributed by atoms with Gasteiger partial charge in [0, 0.05) is 31.5 Å². The zero-order valence-corrected chi connectivity index (χ0v) is 15.6. The van der Waals surface area contributed by atoms with Crippen LogP contribution < -0.4 is 5.32 Å². The maximum atomic E-state index is 12.7. The molecule has 2 amide bonds. The minimum atomic E-state index is -0.224. The molecule has 0 unspecified atom stereocenters. The van der Waals surface area contributed by atoms with Gasteiger partial charge in [0.2, 0.25) is 0 Å². The number of nitrogens with zero attached hydrogens (tertiary/aromatic N) is 2. The molecule has 1 fully saturated rings. The molecule has 2 aromatic rings. The molecule has 0 radical (unpaired) electrons. The van der Waals surface area contributed by atoms with Gasteiger partial charge in [-0.25, -0.2) is 0 Å². The lowest BCUT2D eigenvalue weighted by Crippen LogP contribution is -2.44. The number of hydrogen-bond donors (Lipinski definition) is 1. The molecule has 1 N–H and O–H groups in total. The van der Waals surface area contributed by atoms with Crippen LogP contribution >= 0.6 is 11.8 Å². The van der Waals surface area contributed by atoms with Gasteiger partial charge in [-0.3, -0.25) is 14.6 Å². The summed E-state index contributed by atoms with van der Waals surface area (Å²) >= 11 is 1.64. The Balaban J connectivity index is 1.63. The monoisotopic (exact) mass is 373 g/mol. The zero-order valence-electron chi connectivity index (χ0n) is 14.8. The summed E-state index contributed by atoms with van der Waals surface area (Å²) < 4.78 is 5.58. The van der Waals surface area contributed by atoms with E-state index in [0.717, 1.165) is 30.8 Å². The van der Waals surface area contributed by atoms with Crippen molar-refractivity contribution in [2.75, 3.05) is 19.3 Å². The van der Waals surface area contributed by atoms with E-state index in [-0.39, 0.29) is 17.9 Å². The second-order valence-corrected chi connectivity index (χ2v) is 7.22. The van der Waals surface area contributed by atoms with E-state index in [1.165, 1.54) is 0 Å². The van der Waals surface area contributed by atoms with Crippen molar-refractivity contribution in [1.82, 2.24) is 15.2 Å². The molecule has 0 bridgehead atoms. The third-order valence-corrected chi connectivity index (χ3v) is 4.95. The van der Waals surface area contributed by atoms with Crippen molar-refractivity contribution in [3.8, 4) is 0 Å². The summed E-state index contributed by atoms with van der Waals surface area (Å²) in [4.78, 5) is 31.0. The van der Waals surface area contributed by atoms with Crippen LogP contribution in [-0.4, -0.2) is 47.1 Å². The lowest BCUT2D eigenvalue weighted by Gasteiger charge is -2.25. The number of likely N-dealkylation sites (tertiary alicyclic amines) is 1. The number of hydrogen-bond acceptors (Lipinski definition) is 5. The number of carbonyl (C=O) groups is 2. The van der Waals surface area contributed by atoms with Crippen molar-refractivity contribution in [2.45, 2.75) is 31.1 Å². The zero-order chi connectivity index (χ0) is 18.4. The van der Waals surface area contributed by atoms with Gasteiger partial charge in [0.1, 0.15) is 5.76 Å². The number of furan rings is 1. The van der Waals surface area contributed by atoms with Crippen LogP contribution in [0.4, 0.5) is 0 Å². The lowest BCUT2D eigenvalue weighted by molar-refractivity contribution is 0.0734. The number of pyridine rings is 1. The molecule has 0 spiro atoms. The number of thioether (sulfide) groups is 1. The van der Waals surface area contributed by atoms with E-state index in [4.69, 9.17) is 4.42 Å². The predicted octanol–water partition coefficient (Wildman–Crippen LogP) is 2.96. The Morgan fingerprint density at radius 2 is 2.23 bits per heavy atom. The van der Waals surface area contributed by atoms with Gasteiger partial charge in [-0.1, -0.05) is 0 Å². The van der Waals surface area contributed by atoms with Crippen LogP contribution in [-0.2, 0) is 5.75 Å². The highest BCUT2D eigenvalue weighted by molar-refractivity contribution is 7.97. The fraction of sp³-hybridized carbons (Fsp3) is 0.421. The molecule has 7 heteroatoms. The van der Waals surface area contributed by atoms with E-state index in [2.05, 4.69) is 10.3 Å². The molecule has 0 saturated carbocycles. The van der Waals surface area contributed by atoms with Crippen molar-refractivity contribution < 1.29 is 14.0 Å². The molecule has 3 rings (SSSR count). The first-order chi connectivity index (χ1) is 12.7. The van der Waals surface area contributed by atoms with Gasteiger partial charge in [-0.15, -0.1) is 0 Å². The van der Waals surface area contributed by atoms with E-state index >= 15 is 0 Å². The first kappa shape index (κ1) is 18.5. The van der Waals surface area contributed by atoms with Crippen molar-refractivity contribution in [1.29, 1.82) is 0 Å². The van der Waals surface area contributed by atoms with Crippen molar-refractivity contribution in [3.05, 3.63) is 53.7 Å².